The van der Waals surface area contributed by atoms with E-state index in [1.807, 2.05) is 54.6 Å². The fourth-order valence-corrected chi connectivity index (χ4v) is 3.87. The van der Waals surface area contributed by atoms with Crippen molar-refractivity contribution in [1.29, 1.82) is 0 Å². The number of nitrogens with zero attached hydrogens (tertiary/aromatic N) is 3. The van der Waals surface area contributed by atoms with Gasteiger partial charge < -0.3 is 10.2 Å². The highest BCUT2D eigenvalue weighted by Crippen LogP contribution is 2.29. The molecule has 0 saturated heterocycles. The number of aromatic nitrogens is 3. The molecule has 2 atom stereocenters. The molecule has 2 heterocycles. The highest BCUT2D eigenvalue weighted by atomic mass is 16.3. The van der Waals surface area contributed by atoms with Crippen molar-refractivity contribution in [2.24, 2.45) is 0 Å². The van der Waals surface area contributed by atoms with Crippen LogP contribution in [0.3, 0.4) is 0 Å². The quantitative estimate of drug-likeness (QED) is 0.542. The largest absolute Gasteiger partial charge is 0.392 e. The predicted octanol–water partition coefficient (Wildman–Crippen LogP) is 1.84. The van der Waals surface area contributed by atoms with E-state index in [1.165, 1.54) is 9.13 Å². The molecule has 0 bridgehead atoms. The standard InChI is InChI=1S/C22H23N3O4/c1-14(26)12-23-18-11-7-6-10-17(18)20-19(16-8-4-3-5-9-16)24(13-15(2)27)22(29)25(20)21(23)28/h3-11,14-15,26-27H,12-13H2,1-2H3. The van der Waals surface area contributed by atoms with Gasteiger partial charge in [0.2, 0.25) is 0 Å². The highest BCUT2D eigenvalue weighted by Gasteiger charge is 2.23. The number of fused-ring (bicyclic) bond motifs is 3. The Kier molecular flexibility index (Phi) is 4.86. The predicted molar refractivity (Wildman–Crippen MR) is 112 cm³/mol. The summed E-state index contributed by atoms with van der Waals surface area (Å²) in [7, 11) is 0. The van der Waals surface area contributed by atoms with Crippen LogP contribution < -0.4 is 11.4 Å². The second-order valence-corrected chi connectivity index (χ2v) is 7.40. The van der Waals surface area contributed by atoms with Crippen molar-refractivity contribution in [2.45, 2.75) is 39.1 Å². The number of hydrogen-bond acceptors (Lipinski definition) is 4. The third-order valence-corrected chi connectivity index (χ3v) is 4.95. The molecule has 7 nitrogen and oxygen atoms in total. The number of para-hydroxylation sites is 1. The first-order chi connectivity index (χ1) is 13.9. The molecular formula is C22H23N3O4. The van der Waals surface area contributed by atoms with Crippen LogP contribution in [0.4, 0.5) is 0 Å². The van der Waals surface area contributed by atoms with E-state index in [0.29, 0.717) is 16.7 Å². The fraction of sp³-hybridized carbons (Fsp3) is 0.273. The molecule has 4 aromatic rings. The summed E-state index contributed by atoms with van der Waals surface area (Å²) in [5.41, 5.74) is 1.51. The Morgan fingerprint density at radius 1 is 0.793 bits per heavy atom. The van der Waals surface area contributed by atoms with Crippen LogP contribution in [0.1, 0.15) is 13.8 Å². The maximum atomic E-state index is 13.3. The first kappa shape index (κ1) is 19.2. The molecule has 0 aliphatic rings. The molecule has 0 amide bonds. The van der Waals surface area contributed by atoms with E-state index in [1.54, 1.807) is 13.8 Å². The van der Waals surface area contributed by atoms with Crippen LogP contribution in [-0.4, -0.2) is 36.0 Å². The summed E-state index contributed by atoms with van der Waals surface area (Å²) in [5, 5.41) is 20.6. The van der Waals surface area contributed by atoms with Crippen molar-refractivity contribution in [3.8, 4) is 11.3 Å². The Morgan fingerprint density at radius 3 is 2.00 bits per heavy atom. The average molecular weight is 393 g/mol. The Morgan fingerprint density at radius 2 is 1.34 bits per heavy atom. The number of aliphatic hydroxyl groups is 2. The van der Waals surface area contributed by atoms with Gasteiger partial charge >= 0.3 is 11.4 Å². The number of hydrogen-bond donors (Lipinski definition) is 2. The van der Waals surface area contributed by atoms with Crippen LogP contribution in [0.5, 0.6) is 0 Å². The third kappa shape index (κ3) is 3.18. The van der Waals surface area contributed by atoms with Gasteiger partial charge in [0.15, 0.2) is 0 Å². The molecule has 0 spiro atoms. The molecule has 150 valence electrons. The Labute approximate surface area is 166 Å². The number of imidazole rings is 1. The molecule has 4 rings (SSSR count). The lowest BCUT2D eigenvalue weighted by molar-refractivity contribution is 0.172. The maximum absolute atomic E-state index is 13.3. The van der Waals surface area contributed by atoms with E-state index in [-0.39, 0.29) is 13.1 Å². The van der Waals surface area contributed by atoms with Gasteiger partial charge in [-0.05, 0) is 19.9 Å². The van der Waals surface area contributed by atoms with Crippen molar-refractivity contribution >= 4 is 16.4 Å². The molecule has 2 N–H and O–H groups in total. The summed E-state index contributed by atoms with van der Waals surface area (Å²) in [4.78, 5) is 26.6. The Hall–Kier alpha value is -3.16. The Bertz CT molecular complexity index is 1300. The zero-order valence-corrected chi connectivity index (χ0v) is 16.3. The van der Waals surface area contributed by atoms with Crippen LogP contribution in [0.15, 0.2) is 64.2 Å². The van der Waals surface area contributed by atoms with E-state index in [9.17, 15) is 19.8 Å². The zero-order valence-electron chi connectivity index (χ0n) is 16.3. The normalized spacial score (nSPS) is 13.8. The van der Waals surface area contributed by atoms with Crippen molar-refractivity contribution in [1.82, 2.24) is 13.5 Å². The lowest BCUT2D eigenvalue weighted by atomic mass is 10.1. The van der Waals surface area contributed by atoms with Crippen molar-refractivity contribution in [3.63, 3.8) is 0 Å². The SMILES string of the molecule is CC(O)Cn1c(-c2ccccc2)c2c3ccccc3n(CC(C)O)c(=O)n2c1=O. The summed E-state index contributed by atoms with van der Waals surface area (Å²) < 4.78 is 4.03. The first-order valence-electron chi connectivity index (χ1n) is 9.58. The summed E-state index contributed by atoms with van der Waals surface area (Å²) in [5.74, 6) is 0. The van der Waals surface area contributed by atoms with Crippen LogP contribution in [0.25, 0.3) is 27.7 Å². The molecule has 7 heteroatoms. The van der Waals surface area contributed by atoms with Crippen molar-refractivity contribution in [2.75, 3.05) is 0 Å². The van der Waals surface area contributed by atoms with E-state index in [4.69, 9.17) is 0 Å². The van der Waals surface area contributed by atoms with Crippen LogP contribution >= 0.6 is 0 Å². The lowest BCUT2D eigenvalue weighted by Gasteiger charge is -2.14. The average Bonchev–Trinajstić information content (AvgIpc) is 2.98. The van der Waals surface area contributed by atoms with Gasteiger partial charge in [-0.3, -0.25) is 9.13 Å². The third-order valence-electron chi connectivity index (χ3n) is 4.95. The molecule has 0 fully saturated rings. The molecule has 0 radical (unpaired) electrons. The van der Waals surface area contributed by atoms with Gasteiger partial charge in [-0.25, -0.2) is 14.0 Å². The van der Waals surface area contributed by atoms with E-state index >= 15 is 0 Å². The molecular weight excluding hydrogens is 370 g/mol. The van der Waals surface area contributed by atoms with Gasteiger partial charge in [0.1, 0.15) is 0 Å². The molecule has 0 aliphatic heterocycles. The topological polar surface area (TPSA) is 88.9 Å². The van der Waals surface area contributed by atoms with Crippen molar-refractivity contribution < 1.29 is 10.2 Å². The minimum Gasteiger partial charge on any atom is -0.392 e. The maximum Gasteiger partial charge on any atom is 0.337 e. The van der Waals surface area contributed by atoms with Crippen molar-refractivity contribution in [3.05, 3.63) is 75.6 Å². The molecule has 0 saturated carbocycles. The number of benzene rings is 2. The number of rotatable bonds is 5. The second kappa shape index (κ2) is 7.35. The molecule has 2 aromatic carbocycles. The summed E-state index contributed by atoms with van der Waals surface area (Å²) in [6, 6.07) is 16.7. The van der Waals surface area contributed by atoms with Crippen LogP contribution in [0.2, 0.25) is 0 Å². The van der Waals surface area contributed by atoms with Gasteiger partial charge in [-0.1, -0.05) is 48.5 Å². The molecule has 29 heavy (non-hydrogen) atoms. The van der Waals surface area contributed by atoms with Crippen LogP contribution in [0, 0.1) is 0 Å². The smallest absolute Gasteiger partial charge is 0.337 e. The molecule has 2 unspecified atom stereocenters. The molecule has 2 aromatic heterocycles. The summed E-state index contributed by atoms with van der Waals surface area (Å²) in [6.45, 7) is 3.34. The highest BCUT2D eigenvalue weighted by molar-refractivity contribution is 6.00. The van der Waals surface area contributed by atoms with Gasteiger partial charge in [-0.15, -0.1) is 0 Å². The minimum atomic E-state index is -0.765. The first-order valence-corrected chi connectivity index (χ1v) is 9.58. The zero-order chi connectivity index (χ0) is 20.7. The van der Waals surface area contributed by atoms with Gasteiger partial charge in [-0.2, -0.15) is 0 Å². The fourth-order valence-electron chi connectivity index (χ4n) is 3.87. The van der Waals surface area contributed by atoms with E-state index < -0.39 is 23.6 Å². The van der Waals surface area contributed by atoms with Gasteiger partial charge in [0.05, 0.1) is 42.0 Å². The van der Waals surface area contributed by atoms with Crippen LogP contribution in [-0.2, 0) is 13.1 Å². The molecule has 0 aliphatic carbocycles. The van der Waals surface area contributed by atoms with Gasteiger partial charge in [0, 0.05) is 10.9 Å². The minimum absolute atomic E-state index is 0.0644. The van der Waals surface area contributed by atoms with Gasteiger partial charge in [0.25, 0.3) is 0 Å². The van der Waals surface area contributed by atoms with E-state index in [2.05, 4.69) is 0 Å². The number of aliphatic hydroxyl groups excluding tert-OH is 2. The summed E-state index contributed by atoms with van der Waals surface area (Å²) in [6.07, 6.45) is -1.52. The lowest BCUT2D eigenvalue weighted by Crippen LogP contribution is -2.37. The Balaban J connectivity index is 2.25. The monoisotopic (exact) mass is 393 g/mol. The second-order valence-electron chi connectivity index (χ2n) is 7.40. The van der Waals surface area contributed by atoms with E-state index in [0.717, 1.165) is 15.4 Å². The summed E-state index contributed by atoms with van der Waals surface area (Å²) >= 11 is 0.